The van der Waals surface area contributed by atoms with Crippen LogP contribution in [0, 0.1) is 5.82 Å². The molecule has 0 radical (unpaired) electrons. The van der Waals surface area contributed by atoms with Gasteiger partial charge in [-0.15, -0.1) is 0 Å². The van der Waals surface area contributed by atoms with Crippen molar-refractivity contribution in [2.24, 2.45) is 5.10 Å². The van der Waals surface area contributed by atoms with E-state index in [0.29, 0.717) is 6.54 Å². The first-order valence-electron chi connectivity index (χ1n) is 10.5. The molecule has 32 heavy (non-hydrogen) atoms. The van der Waals surface area contributed by atoms with Crippen LogP contribution in [0.1, 0.15) is 11.1 Å². The standard InChI is InChI=1S/C28H22FN3/c29-24-17-15-22(16-18-24)20-31-21-23(27-13-7-8-14-28(27)31)19-30-32(25-9-3-1-4-10-25)26-11-5-2-6-12-26/h1-19,21H,20H2/b30-19-. The molecule has 0 unspecified atom stereocenters. The second kappa shape index (κ2) is 8.90. The van der Waals surface area contributed by atoms with Crippen molar-refractivity contribution >= 4 is 28.5 Å². The Labute approximate surface area is 186 Å². The Morgan fingerprint density at radius 3 is 1.97 bits per heavy atom. The molecule has 4 heteroatoms. The molecule has 0 fully saturated rings. The van der Waals surface area contributed by atoms with E-state index in [4.69, 9.17) is 5.10 Å². The Bertz CT molecular complexity index is 1300. The SMILES string of the molecule is Fc1ccc(Cn2cc(/C=N\N(c3ccccc3)c3ccccc3)c3ccccc32)cc1. The predicted molar refractivity (Wildman–Crippen MR) is 130 cm³/mol. The summed E-state index contributed by atoms with van der Waals surface area (Å²) in [4.78, 5) is 0. The zero-order chi connectivity index (χ0) is 21.8. The molecule has 0 atom stereocenters. The third kappa shape index (κ3) is 4.16. The van der Waals surface area contributed by atoms with Gasteiger partial charge in [0, 0.05) is 29.2 Å². The minimum atomic E-state index is -0.221. The van der Waals surface area contributed by atoms with Crippen molar-refractivity contribution in [3.63, 3.8) is 0 Å². The van der Waals surface area contributed by atoms with Crippen LogP contribution in [0.25, 0.3) is 10.9 Å². The number of nitrogens with zero attached hydrogens (tertiary/aromatic N) is 3. The molecule has 0 spiro atoms. The minimum Gasteiger partial charge on any atom is -0.342 e. The van der Waals surface area contributed by atoms with Crippen molar-refractivity contribution in [3.8, 4) is 0 Å². The molecule has 0 aliphatic carbocycles. The van der Waals surface area contributed by atoms with Crippen LogP contribution >= 0.6 is 0 Å². The van der Waals surface area contributed by atoms with Crippen LogP contribution in [0.3, 0.4) is 0 Å². The van der Waals surface area contributed by atoms with Crippen LogP contribution in [0.5, 0.6) is 0 Å². The van der Waals surface area contributed by atoms with E-state index >= 15 is 0 Å². The molecule has 4 aromatic carbocycles. The average Bonchev–Trinajstić information content (AvgIpc) is 3.19. The number of benzene rings is 4. The Morgan fingerprint density at radius 2 is 1.31 bits per heavy atom. The molecule has 3 nitrogen and oxygen atoms in total. The fraction of sp³-hybridized carbons (Fsp3) is 0.0357. The number of rotatable bonds is 6. The van der Waals surface area contributed by atoms with Gasteiger partial charge in [0.25, 0.3) is 0 Å². The number of halogens is 1. The number of hydrogen-bond acceptors (Lipinski definition) is 2. The molecule has 0 bridgehead atoms. The monoisotopic (exact) mass is 419 g/mol. The van der Waals surface area contributed by atoms with Crippen LogP contribution < -0.4 is 5.01 Å². The van der Waals surface area contributed by atoms with E-state index in [9.17, 15) is 4.39 Å². The van der Waals surface area contributed by atoms with E-state index in [1.807, 2.05) is 96.2 Å². The number of anilines is 2. The highest BCUT2D eigenvalue weighted by Gasteiger charge is 2.10. The van der Waals surface area contributed by atoms with E-state index in [-0.39, 0.29) is 5.82 Å². The van der Waals surface area contributed by atoms with Crippen LogP contribution in [0.15, 0.2) is 120 Å². The lowest BCUT2D eigenvalue weighted by Gasteiger charge is -2.19. The highest BCUT2D eigenvalue weighted by Crippen LogP contribution is 2.26. The first-order valence-corrected chi connectivity index (χ1v) is 10.5. The van der Waals surface area contributed by atoms with Crippen molar-refractivity contribution in [2.75, 3.05) is 5.01 Å². The smallest absolute Gasteiger partial charge is 0.123 e. The molecule has 156 valence electrons. The molecule has 0 N–H and O–H groups in total. The fourth-order valence-electron chi connectivity index (χ4n) is 3.84. The summed E-state index contributed by atoms with van der Waals surface area (Å²) in [7, 11) is 0. The number of hydrogen-bond donors (Lipinski definition) is 0. The van der Waals surface area contributed by atoms with Gasteiger partial charge in [0.1, 0.15) is 5.82 Å². The Morgan fingerprint density at radius 1 is 0.719 bits per heavy atom. The van der Waals surface area contributed by atoms with Gasteiger partial charge in [-0.1, -0.05) is 66.7 Å². The maximum Gasteiger partial charge on any atom is 0.123 e. The van der Waals surface area contributed by atoms with E-state index in [2.05, 4.69) is 22.9 Å². The molecule has 0 saturated heterocycles. The molecule has 0 aliphatic heterocycles. The number of aromatic nitrogens is 1. The topological polar surface area (TPSA) is 20.5 Å². The van der Waals surface area contributed by atoms with Gasteiger partial charge in [-0.3, -0.25) is 0 Å². The van der Waals surface area contributed by atoms with Crippen molar-refractivity contribution in [1.29, 1.82) is 0 Å². The molecule has 5 aromatic rings. The summed E-state index contributed by atoms with van der Waals surface area (Å²) in [5.74, 6) is -0.221. The number of para-hydroxylation sites is 3. The number of fused-ring (bicyclic) bond motifs is 1. The summed E-state index contributed by atoms with van der Waals surface area (Å²) in [6.07, 6.45) is 4.01. The van der Waals surface area contributed by atoms with Crippen molar-refractivity contribution in [2.45, 2.75) is 6.54 Å². The lowest BCUT2D eigenvalue weighted by Crippen LogP contribution is -2.09. The van der Waals surface area contributed by atoms with Crippen LogP contribution in [0.4, 0.5) is 15.8 Å². The normalized spacial score (nSPS) is 11.3. The summed E-state index contributed by atoms with van der Waals surface area (Å²) in [5.41, 5.74) is 5.17. The van der Waals surface area contributed by atoms with Gasteiger partial charge in [0.05, 0.1) is 17.6 Å². The maximum absolute atomic E-state index is 13.3. The molecule has 1 aromatic heterocycles. The van der Waals surface area contributed by atoms with E-state index < -0.39 is 0 Å². The molecular weight excluding hydrogens is 397 g/mol. The summed E-state index contributed by atoms with van der Waals surface area (Å²) < 4.78 is 15.5. The zero-order valence-electron chi connectivity index (χ0n) is 17.5. The molecular formula is C28H22FN3. The quantitative estimate of drug-likeness (QED) is 0.214. The van der Waals surface area contributed by atoms with Gasteiger partial charge >= 0.3 is 0 Å². The highest BCUT2D eigenvalue weighted by atomic mass is 19.1. The minimum absolute atomic E-state index is 0.221. The molecule has 5 rings (SSSR count). The molecule has 0 amide bonds. The average molecular weight is 420 g/mol. The lowest BCUT2D eigenvalue weighted by molar-refractivity contribution is 0.626. The first kappa shape index (κ1) is 19.8. The first-order chi connectivity index (χ1) is 15.8. The van der Waals surface area contributed by atoms with Crippen LogP contribution in [0.2, 0.25) is 0 Å². The van der Waals surface area contributed by atoms with Crippen molar-refractivity contribution < 1.29 is 4.39 Å². The van der Waals surface area contributed by atoms with Gasteiger partial charge in [0.15, 0.2) is 0 Å². The van der Waals surface area contributed by atoms with Gasteiger partial charge in [0.2, 0.25) is 0 Å². The van der Waals surface area contributed by atoms with Crippen molar-refractivity contribution in [1.82, 2.24) is 4.57 Å². The van der Waals surface area contributed by atoms with E-state index in [1.165, 1.54) is 12.1 Å². The zero-order valence-corrected chi connectivity index (χ0v) is 17.5. The largest absolute Gasteiger partial charge is 0.342 e. The lowest BCUT2D eigenvalue weighted by atomic mass is 10.2. The Hall–Kier alpha value is -4.18. The fourth-order valence-corrected chi connectivity index (χ4v) is 3.84. The molecule has 0 aliphatic rings. The summed E-state index contributed by atoms with van der Waals surface area (Å²) in [5, 5.41) is 7.92. The van der Waals surface area contributed by atoms with E-state index in [0.717, 1.165) is 33.4 Å². The highest BCUT2D eigenvalue weighted by molar-refractivity contribution is 6.00. The van der Waals surface area contributed by atoms with Crippen LogP contribution in [-0.2, 0) is 6.54 Å². The van der Waals surface area contributed by atoms with E-state index in [1.54, 1.807) is 0 Å². The summed E-state index contributed by atoms with van der Waals surface area (Å²) in [6, 6.07) is 35.1. The van der Waals surface area contributed by atoms with Gasteiger partial charge in [-0.2, -0.15) is 5.10 Å². The number of hydrazone groups is 1. The van der Waals surface area contributed by atoms with Gasteiger partial charge in [-0.25, -0.2) is 9.40 Å². The maximum atomic E-state index is 13.3. The second-order valence-corrected chi connectivity index (χ2v) is 7.58. The molecule has 0 saturated carbocycles. The summed E-state index contributed by atoms with van der Waals surface area (Å²) in [6.45, 7) is 0.662. The second-order valence-electron chi connectivity index (χ2n) is 7.58. The third-order valence-corrected chi connectivity index (χ3v) is 5.40. The Kier molecular flexibility index (Phi) is 5.50. The molecule has 1 heterocycles. The van der Waals surface area contributed by atoms with Crippen LogP contribution in [-0.4, -0.2) is 10.8 Å². The van der Waals surface area contributed by atoms with Gasteiger partial charge in [-0.05, 0) is 48.0 Å². The predicted octanol–water partition coefficient (Wildman–Crippen LogP) is 7.00. The Balaban J connectivity index is 1.53. The van der Waals surface area contributed by atoms with Crippen molar-refractivity contribution in [3.05, 3.63) is 132 Å². The summed E-state index contributed by atoms with van der Waals surface area (Å²) >= 11 is 0. The third-order valence-electron chi connectivity index (χ3n) is 5.40. The van der Waals surface area contributed by atoms with Gasteiger partial charge < -0.3 is 4.57 Å².